The molecule has 0 aliphatic heterocycles. The molecule has 1 atom stereocenters. The van der Waals surface area contributed by atoms with Crippen molar-refractivity contribution in [3.63, 3.8) is 0 Å². The van der Waals surface area contributed by atoms with Gasteiger partial charge in [-0.2, -0.15) is 0 Å². The number of aryl methyl sites for hydroxylation is 1. The van der Waals surface area contributed by atoms with Crippen molar-refractivity contribution in [2.45, 2.75) is 18.4 Å². The van der Waals surface area contributed by atoms with Gasteiger partial charge >= 0.3 is 0 Å². The van der Waals surface area contributed by atoms with Gasteiger partial charge in [0.25, 0.3) is 0 Å². The number of hydrogen-bond acceptors (Lipinski definition) is 3. The van der Waals surface area contributed by atoms with E-state index in [9.17, 15) is 10.2 Å². The highest BCUT2D eigenvalue weighted by Crippen LogP contribution is 2.38. The standard InChI is InChI=1S/C11H14O3/c1-14-7-11(13)5-4-8-6-9(12)2-3-10(8)11/h2-3,6,12-13H,4-5,7H2,1H3. The van der Waals surface area contributed by atoms with Crippen LogP contribution in [0.4, 0.5) is 0 Å². The number of phenolic OH excluding ortho intramolecular Hbond substituents is 1. The molecule has 3 nitrogen and oxygen atoms in total. The Morgan fingerprint density at radius 1 is 1.50 bits per heavy atom. The summed E-state index contributed by atoms with van der Waals surface area (Å²) in [6.45, 7) is 0.310. The minimum atomic E-state index is -0.863. The average molecular weight is 194 g/mol. The van der Waals surface area contributed by atoms with Crippen LogP contribution >= 0.6 is 0 Å². The fourth-order valence-corrected chi connectivity index (χ4v) is 2.11. The smallest absolute Gasteiger partial charge is 0.115 e. The van der Waals surface area contributed by atoms with Crippen LogP contribution in [0.3, 0.4) is 0 Å². The van der Waals surface area contributed by atoms with Crippen molar-refractivity contribution in [3.8, 4) is 5.75 Å². The van der Waals surface area contributed by atoms with Crippen molar-refractivity contribution in [1.29, 1.82) is 0 Å². The first-order valence-electron chi connectivity index (χ1n) is 4.69. The largest absolute Gasteiger partial charge is 0.508 e. The van der Waals surface area contributed by atoms with Gasteiger partial charge in [-0.05, 0) is 36.1 Å². The Balaban J connectivity index is 2.39. The predicted molar refractivity (Wildman–Crippen MR) is 52.2 cm³/mol. The highest BCUT2D eigenvalue weighted by atomic mass is 16.5. The average Bonchev–Trinajstić information content (AvgIpc) is 2.44. The summed E-state index contributed by atoms with van der Waals surface area (Å²) in [4.78, 5) is 0. The maximum Gasteiger partial charge on any atom is 0.115 e. The Bertz CT molecular complexity index is 348. The third-order valence-electron chi connectivity index (χ3n) is 2.78. The van der Waals surface area contributed by atoms with Crippen LogP contribution < -0.4 is 0 Å². The van der Waals surface area contributed by atoms with Crippen LogP contribution in [0.2, 0.25) is 0 Å². The van der Waals surface area contributed by atoms with Gasteiger partial charge in [0.1, 0.15) is 11.4 Å². The van der Waals surface area contributed by atoms with E-state index < -0.39 is 5.60 Å². The molecular formula is C11H14O3. The van der Waals surface area contributed by atoms with Crippen molar-refractivity contribution in [3.05, 3.63) is 29.3 Å². The molecule has 0 heterocycles. The van der Waals surface area contributed by atoms with E-state index >= 15 is 0 Å². The van der Waals surface area contributed by atoms with Crippen LogP contribution in [0.1, 0.15) is 17.5 Å². The van der Waals surface area contributed by atoms with Gasteiger partial charge in [-0.25, -0.2) is 0 Å². The van der Waals surface area contributed by atoms with E-state index in [2.05, 4.69) is 0 Å². The van der Waals surface area contributed by atoms with Crippen LogP contribution in [-0.4, -0.2) is 23.9 Å². The lowest BCUT2D eigenvalue weighted by Crippen LogP contribution is -2.28. The summed E-state index contributed by atoms with van der Waals surface area (Å²) in [6.07, 6.45) is 1.46. The van der Waals surface area contributed by atoms with Crippen LogP contribution in [0.5, 0.6) is 5.75 Å². The number of ether oxygens (including phenoxy) is 1. The van der Waals surface area contributed by atoms with E-state index in [1.54, 1.807) is 25.3 Å². The fraction of sp³-hybridized carbons (Fsp3) is 0.455. The molecule has 2 rings (SSSR count). The number of benzene rings is 1. The highest BCUT2D eigenvalue weighted by molar-refractivity contribution is 5.42. The summed E-state index contributed by atoms with van der Waals surface area (Å²) in [7, 11) is 1.58. The molecule has 2 N–H and O–H groups in total. The molecule has 0 aromatic heterocycles. The molecule has 1 aromatic rings. The number of rotatable bonds is 2. The Morgan fingerprint density at radius 3 is 3.00 bits per heavy atom. The third kappa shape index (κ3) is 1.38. The molecule has 0 bridgehead atoms. The second-order valence-corrected chi connectivity index (χ2v) is 3.81. The zero-order valence-corrected chi connectivity index (χ0v) is 8.16. The van der Waals surface area contributed by atoms with Gasteiger partial charge in [-0.3, -0.25) is 0 Å². The lowest BCUT2D eigenvalue weighted by molar-refractivity contribution is -0.0340. The van der Waals surface area contributed by atoms with Crippen molar-refractivity contribution >= 4 is 0 Å². The summed E-state index contributed by atoms with van der Waals surface area (Å²) in [5.74, 6) is 0.255. The first-order valence-corrected chi connectivity index (χ1v) is 4.69. The number of hydrogen-bond donors (Lipinski definition) is 2. The SMILES string of the molecule is COCC1(O)CCc2cc(O)ccc21. The summed E-state index contributed by atoms with van der Waals surface area (Å²) in [6, 6.07) is 5.09. The molecule has 1 aliphatic carbocycles. The lowest BCUT2D eigenvalue weighted by atomic mass is 9.97. The predicted octanol–water partition coefficient (Wildman–Crippen LogP) is 1.17. The third-order valence-corrected chi connectivity index (χ3v) is 2.78. The minimum Gasteiger partial charge on any atom is -0.508 e. The van der Waals surface area contributed by atoms with E-state index in [0.29, 0.717) is 13.0 Å². The topological polar surface area (TPSA) is 49.7 Å². The molecule has 0 radical (unpaired) electrons. The second-order valence-electron chi connectivity index (χ2n) is 3.81. The van der Waals surface area contributed by atoms with Crippen LogP contribution in [0.15, 0.2) is 18.2 Å². The van der Waals surface area contributed by atoms with Gasteiger partial charge in [0.05, 0.1) is 6.61 Å². The number of fused-ring (bicyclic) bond motifs is 1. The van der Waals surface area contributed by atoms with Gasteiger partial charge in [-0.15, -0.1) is 0 Å². The first kappa shape index (κ1) is 9.49. The van der Waals surface area contributed by atoms with Crippen LogP contribution in [0, 0.1) is 0 Å². The van der Waals surface area contributed by atoms with Crippen molar-refractivity contribution < 1.29 is 14.9 Å². The Morgan fingerprint density at radius 2 is 2.29 bits per heavy atom. The van der Waals surface area contributed by atoms with Gasteiger partial charge in [0, 0.05) is 7.11 Å². The van der Waals surface area contributed by atoms with E-state index in [-0.39, 0.29) is 5.75 Å². The van der Waals surface area contributed by atoms with Gasteiger partial charge in [0.15, 0.2) is 0 Å². The second kappa shape index (κ2) is 3.26. The van der Waals surface area contributed by atoms with Gasteiger partial charge in [0.2, 0.25) is 0 Å². The molecule has 0 fully saturated rings. The van der Waals surface area contributed by atoms with E-state index in [1.165, 1.54) is 0 Å². The number of methoxy groups -OCH3 is 1. The number of aromatic hydroxyl groups is 1. The lowest BCUT2D eigenvalue weighted by Gasteiger charge is -2.22. The zero-order chi connectivity index (χ0) is 10.2. The maximum atomic E-state index is 10.2. The fourth-order valence-electron chi connectivity index (χ4n) is 2.11. The zero-order valence-electron chi connectivity index (χ0n) is 8.16. The quantitative estimate of drug-likeness (QED) is 0.743. The molecule has 0 saturated heterocycles. The summed E-state index contributed by atoms with van der Waals surface area (Å²) < 4.78 is 5.00. The first-order chi connectivity index (χ1) is 6.65. The van der Waals surface area contributed by atoms with E-state index in [4.69, 9.17) is 4.74 Å². The van der Waals surface area contributed by atoms with Crippen LogP contribution in [-0.2, 0) is 16.8 Å². The Labute approximate surface area is 83.0 Å². The molecular weight excluding hydrogens is 180 g/mol. The Hall–Kier alpha value is -1.06. The highest BCUT2D eigenvalue weighted by Gasteiger charge is 2.36. The van der Waals surface area contributed by atoms with E-state index in [0.717, 1.165) is 17.5 Å². The molecule has 1 unspecified atom stereocenters. The van der Waals surface area contributed by atoms with E-state index in [1.807, 2.05) is 0 Å². The normalized spacial score (nSPS) is 25.0. The van der Waals surface area contributed by atoms with Crippen molar-refractivity contribution in [1.82, 2.24) is 0 Å². The van der Waals surface area contributed by atoms with Crippen molar-refractivity contribution in [2.75, 3.05) is 13.7 Å². The molecule has 0 amide bonds. The van der Waals surface area contributed by atoms with Crippen molar-refractivity contribution in [2.24, 2.45) is 0 Å². The van der Waals surface area contributed by atoms with Gasteiger partial charge < -0.3 is 14.9 Å². The monoisotopic (exact) mass is 194 g/mol. The molecule has 0 spiro atoms. The van der Waals surface area contributed by atoms with Gasteiger partial charge in [-0.1, -0.05) is 6.07 Å². The number of phenols is 1. The number of aliphatic hydroxyl groups is 1. The maximum absolute atomic E-state index is 10.2. The molecule has 76 valence electrons. The molecule has 14 heavy (non-hydrogen) atoms. The molecule has 1 aliphatic rings. The summed E-state index contributed by atoms with van der Waals surface area (Å²) in [5, 5.41) is 19.5. The molecule has 0 saturated carbocycles. The molecule has 1 aromatic carbocycles. The Kier molecular flexibility index (Phi) is 2.21. The summed E-state index contributed by atoms with van der Waals surface area (Å²) in [5.41, 5.74) is 1.04. The van der Waals surface area contributed by atoms with Crippen LogP contribution in [0.25, 0.3) is 0 Å². The summed E-state index contributed by atoms with van der Waals surface area (Å²) >= 11 is 0. The minimum absolute atomic E-state index is 0.255. The molecule has 3 heteroatoms.